The summed E-state index contributed by atoms with van der Waals surface area (Å²) in [5.74, 6) is -0.178. The number of hydrogen-bond acceptors (Lipinski definition) is 6. The van der Waals surface area contributed by atoms with E-state index in [9.17, 15) is 22.4 Å². The smallest absolute Gasteiger partial charge is 0.324 e. The summed E-state index contributed by atoms with van der Waals surface area (Å²) >= 11 is 0. The molecule has 0 radical (unpaired) electrons. The Morgan fingerprint density at radius 3 is 2.59 bits per heavy atom. The molecule has 0 spiro atoms. The average molecular weight is 469 g/mol. The molecule has 1 aromatic rings. The number of benzene rings is 1. The maximum absolute atomic E-state index is 14.2. The molecule has 2 aliphatic heterocycles. The Hall–Kier alpha value is -2.24. The minimum absolute atomic E-state index is 0.0495. The van der Waals surface area contributed by atoms with Gasteiger partial charge in [-0.1, -0.05) is 12.5 Å². The van der Waals surface area contributed by atoms with Crippen LogP contribution < -0.4 is 20.1 Å². The fourth-order valence-electron chi connectivity index (χ4n) is 3.90. The minimum atomic E-state index is -3.58. The van der Waals surface area contributed by atoms with Crippen molar-refractivity contribution < 1.29 is 27.1 Å². The van der Waals surface area contributed by atoms with Crippen LogP contribution >= 0.6 is 0 Å². The topological polar surface area (TPSA) is 117 Å². The lowest BCUT2D eigenvalue weighted by Gasteiger charge is -2.43. The number of nitrogens with zero attached hydrogens (tertiary/aromatic N) is 1. The van der Waals surface area contributed by atoms with Crippen molar-refractivity contribution in [3.63, 3.8) is 0 Å². The standard InChI is InChI=1S/C21H29FN4O5S/c22-17-7-6-16(10-18(17)31-12-15-4-5-15)21(13-23-14-21)25-32(29,30)9-3-1-2-8-26-11-19(27)24-20(26)28/h6-7,10,15,23,25H,1-5,8-9,11-14H2,(H,24,27,28). The third kappa shape index (κ3) is 5.57. The van der Waals surface area contributed by atoms with Crippen molar-refractivity contribution in [2.45, 2.75) is 37.6 Å². The van der Waals surface area contributed by atoms with E-state index in [-0.39, 0.29) is 24.0 Å². The molecule has 3 amide bonds. The van der Waals surface area contributed by atoms with Gasteiger partial charge >= 0.3 is 6.03 Å². The second-order valence-corrected chi connectivity index (χ2v) is 10.7. The number of rotatable bonds is 12. The van der Waals surface area contributed by atoms with Gasteiger partial charge in [0.1, 0.15) is 6.54 Å². The van der Waals surface area contributed by atoms with Gasteiger partial charge in [0.2, 0.25) is 15.9 Å². The zero-order chi connectivity index (χ0) is 22.8. The van der Waals surface area contributed by atoms with Crippen LogP contribution in [0.1, 0.15) is 37.7 Å². The number of amides is 3. The van der Waals surface area contributed by atoms with E-state index in [2.05, 4.69) is 15.4 Å². The predicted octanol–water partition coefficient (Wildman–Crippen LogP) is 1.05. The zero-order valence-electron chi connectivity index (χ0n) is 17.9. The number of nitrogens with one attached hydrogen (secondary N) is 3. The van der Waals surface area contributed by atoms with E-state index in [0.29, 0.717) is 57.0 Å². The van der Waals surface area contributed by atoms with E-state index in [1.807, 2.05) is 0 Å². The first-order valence-electron chi connectivity index (χ1n) is 11.0. The highest BCUT2D eigenvalue weighted by Crippen LogP contribution is 2.33. The monoisotopic (exact) mass is 468 g/mol. The molecule has 2 heterocycles. The van der Waals surface area contributed by atoms with E-state index < -0.39 is 27.4 Å². The summed E-state index contributed by atoms with van der Waals surface area (Å²) < 4.78 is 48.1. The molecule has 3 fully saturated rings. The molecule has 176 valence electrons. The summed E-state index contributed by atoms with van der Waals surface area (Å²) in [5, 5.41) is 5.31. The molecule has 0 bridgehead atoms. The van der Waals surface area contributed by atoms with Crippen molar-refractivity contribution in [3.8, 4) is 5.75 Å². The van der Waals surface area contributed by atoms with Crippen LogP contribution in [0.5, 0.6) is 5.75 Å². The molecule has 32 heavy (non-hydrogen) atoms. The molecule has 0 unspecified atom stereocenters. The largest absolute Gasteiger partial charge is 0.490 e. The van der Waals surface area contributed by atoms with Crippen LogP contribution in [0.3, 0.4) is 0 Å². The first-order valence-corrected chi connectivity index (χ1v) is 12.7. The van der Waals surface area contributed by atoms with E-state index >= 15 is 0 Å². The number of urea groups is 1. The Balaban J connectivity index is 1.29. The molecule has 3 N–H and O–H groups in total. The number of ether oxygens (including phenoxy) is 1. The first-order chi connectivity index (χ1) is 15.3. The van der Waals surface area contributed by atoms with Gasteiger partial charge in [-0.15, -0.1) is 0 Å². The van der Waals surface area contributed by atoms with Crippen LogP contribution in [0, 0.1) is 11.7 Å². The van der Waals surface area contributed by atoms with Crippen molar-refractivity contribution in [3.05, 3.63) is 29.6 Å². The molecule has 0 atom stereocenters. The lowest BCUT2D eigenvalue weighted by Crippen LogP contribution is -2.66. The molecule has 2 saturated heterocycles. The van der Waals surface area contributed by atoms with Gasteiger partial charge in [-0.3, -0.25) is 10.1 Å². The Labute approximate surface area is 187 Å². The number of carbonyl (C=O) groups excluding carboxylic acids is 2. The molecule has 1 saturated carbocycles. The second-order valence-electron chi connectivity index (χ2n) is 8.84. The number of sulfonamides is 1. The van der Waals surface area contributed by atoms with Crippen molar-refractivity contribution in [1.82, 2.24) is 20.3 Å². The summed E-state index contributed by atoms with van der Waals surface area (Å²) in [6, 6.07) is 4.13. The number of halogens is 1. The Morgan fingerprint density at radius 1 is 1.19 bits per heavy atom. The van der Waals surface area contributed by atoms with Crippen LogP contribution in [0.25, 0.3) is 0 Å². The second kappa shape index (κ2) is 9.32. The fraction of sp³-hybridized carbons (Fsp3) is 0.619. The van der Waals surface area contributed by atoms with E-state index in [1.54, 1.807) is 12.1 Å². The Morgan fingerprint density at radius 2 is 1.97 bits per heavy atom. The third-order valence-corrected chi connectivity index (χ3v) is 7.60. The van der Waals surface area contributed by atoms with Gasteiger partial charge in [-0.05, 0) is 49.3 Å². The lowest BCUT2D eigenvalue weighted by molar-refractivity contribution is -0.118. The molecule has 9 nitrogen and oxygen atoms in total. The summed E-state index contributed by atoms with van der Waals surface area (Å²) in [6.45, 7) is 1.77. The van der Waals surface area contributed by atoms with Crippen molar-refractivity contribution in [1.29, 1.82) is 0 Å². The molecule has 0 aromatic heterocycles. The highest BCUT2D eigenvalue weighted by Gasteiger charge is 2.42. The van der Waals surface area contributed by atoms with Crippen molar-refractivity contribution >= 4 is 22.0 Å². The van der Waals surface area contributed by atoms with Gasteiger partial charge in [0.15, 0.2) is 11.6 Å². The Bertz CT molecular complexity index is 978. The summed E-state index contributed by atoms with van der Waals surface area (Å²) in [6.07, 6.45) is 3.85. The highest BCUT2D eigenvalue weighted by molar-refractivity contribution is 7.89. The number of unbranched alkanes of at least 4 members (excludes halogenated alkanes) is 2. The molecule has 4 rings (SSSR count). The van der Waals surface area contributed by atoms with E-state index in [0.717, 1.165) is 12.8 Å². The van der Waals surface area contributed by atoms with Crippen molar-refractivity contribution in [2.24, 2.45) is 5.92 Å². The minimum Gasteiger partial charge on any atom is -0.490 e. The maximum Gasteiger partial charge on any atom is 0.324 e. The van der Waals surface area contributed by atoms with E-state index in [1.165, 1.54) is 11.0 Å². The first kappa shape index (κ1) is 22.9. The third-order valence-electron chi connectivity index (χ3n) is 6.07. The highest BCUT2D eigenvalue weighted by atomic mass is 32.2. The summed E-state index contributed by atoms with van der Waals surface area (Å²) in [7, 11) is -3.58. The zero-order valence-corrected chi connectivity index (χ0v) is 18.7. The fourth-order valence-corrected chi connectivity index (χ4v) is 5.44. The average Bonchev–Trinajstić information content (AvgIpc) is 3.48. The summed E-state index contributed by atoms with van der Waals surface area (Å²) in [4.78, 5) is 24.1. The number of carbonyl (C=O) groups is 2. The predicted molar refractivity (Wildman–Crippen MR) is 115 cm³/mol. The molecular weight excluding hydrogens is 439 g/mol. The van der Waals surface area contributed by atoms with Gasteiger partial charge in [0, 0.05) is 19.6 Å². The van der Waals surface area contributed by atoms with Crippen LogP contribution in [0.15, 0.2) is 18.2 Å². The number of hydrogen-bond donors (Lipinski definition) is 3. The van der Waals surface area contributed by atoms with Crippen LogP contribution in [-0.2, 0) is 20.4 Å². The Kier molecular flexibility index (Phi) is 6.68. The molecule has 11 heteroatoms. The molecule has 3 aliphatic rings. The molecule has 1 aromatic carbocycles. The van der Waals surface area contributed by atoms with Gasteiger partial charge in [0.25, 0.3) is 0 Å². The number of imide groups is 1. The van der Waals surface area contributed by atoms with Crippen LogP contribution in [-0.4, -0.2) is 63.8 Å². The van der Waals surface area contributed by atoms with Gasteiger partial charge in [-0.25, -0.2) is 22.3 Å². The van der Waals surface area contributed by atoms with Gasteiger partial charge < -0.3 is 15.0 Å². The summed E-state index contributed by atoms with van der Waals surface area (Å²) in [5.41, 5.74) is -0.144. The quantitative estimate of drug-likeness (QED) is 0.312. The maximum atomic E-state index is 14.2. The normalized spacial score (nSPS) is 20.2. The van der Waals surface area contributed by atoms with Gasteiger partial charge in [-0.2, -0.15) is 0 Å². The lowest BCUT2D eigenvalue weighted by atomic mass is 9.85. The van der Waals surface area contributed by atoms with Crippen LogP contribution in [0.4, 0.5) is 9.18 Å². The molecular formula is C21H29FN4O5S. The van der Waals surface area contributed by atoms with E-state index in [4.69, 9.17) is 4.74 Å². The van der Waals surface area contributed by atoms with Crippen LogP contribution in [0.2, 0.25) is 0 Å². The SMILES string of the molecule is O=C1CN(CCCCCS(=O)(=O)NC2(c3ccc(F)c(OCC4CC4)c3)CNC2)C(=O)N1. The molecule has 1 aliphatic carbocycles. The van der Waals surface area contributed by atoms with Gasteiger partial charge in [0.05, 0.1) is 17.9 Å². The van der Waals surface area contributed by atoms with Crippen molar-refractivity contribution in [2.75, 3.05) is 38.5 Å².